The molecule has 4 heteroatoms. The van der Waals surface area contributed by atoms with Crippen LogP contribution in [0.4, 0.5) is 5.69 Å². The van der Waals surface area contributed by atoms with E-state index in [0.717, 1.165) is 22.8 Å². The van der Waals surface area contributed by atoms with Crippen LogP contribution in [0, 0.1) is 5.92 Å². The summed E-state index contributed by atoms with van der Waals surface area (Å²) in [6.45, 7) is 5.60. The van der Waals surface area contributed by atoms with Crippen LogP contribution in [0.1, 0.15) is 32.3 Å². The molecule has 1 fully saturated rings. The van der Waals surface area contributed by atoms with E-state index in [-0.39, 0.29) is 0 Å². The highest BCUT2D eigenvalue weighted by atomic mass is 35.5. The minimum atomic E-state index is 0.392. The topological polar surface area (TPSA) is 29.3 Å². The van der Waals surface area contributed by atoms with Crippen molar-refractivity contribution in [2.24, 2.45) is 11.7 Å². The van der Waals surface area contributed by atoms with Gasteiger partial charge in [0, 0.05) is 18.2 Å². The van der Waals surface area contributed by atoms with Crippen molar-refractivity contribution in [2.75, 3.05) is 11.4 Å². The molecule has 0 aliphatic carbocycles. The fraction of sp³-hybridized carbons (Fsp3) is 0.500. The van der Waals surface area contributed by atoms with Crippen molar-refractivity contribution in [1.82, 2.24) is 0 Å². The summed E-state index contributed by atoms with van der Waals surface area (Å²) in [4.78, 5) is 2.78. The molecule has 0 amide bonds. The van der Waals surface area contributed by atoms with Crippen LogP contribution < -0.4 is 10.6 Å². The van der Waals surface area contributed by atoms with Gasteiger partial charge in [0.05, 0.1) is 10.7 Å². The Morgan fingerprint density at radius 2 is 2.11 bits per heavy atom. The summed E-state index contributed by atoms with van der Waals surface area (Å²) in [6, 6.07) is 6.39. The van der Waals surface area contributed by atoms with Crippen LogP contribution in [-0.2, 0) is 0 Å². The van der Waals surface area contributed by atoms with E-state index < -0.39 is 0 Å². The lowest BCUT2D eigenvalue weighted by molar-refractivity contribution is 0.390. The van der Waals surface area contributed by atoms with Crippen LogP contribution in [0.2, 0.25) is 5.02 Å². The van der Waals surface area contributed by atoms with Gasteiger partial charge in [-0.15, -0.1) is 0 Å². The smallest absolute Gasteiger partial charge is 0.104 e. The van der Waals surface area contributed by atoms with Crippen LogP contribution in [0.25, 0.3) is 0 Å². The van der Waals surface area contributed by atoms with E-state index in [1.165, 1.54) is 12.8 Å². The van der Waals surface area contributed by atoms with E-state index in [2.05, 4.69) is 18.7 Å². The van der Waals surface area contributed by atoms with Crippen LogP contribution in [-0.4, -0.2) is 17.6 Å². The summed E-state index contributed by atoms with van der Waals surface area (Å²) in [5, 5.41) is 0.737. The van der Waals surface area contributed by atoms with Gasteiger partial charge in [-0.05, 0) is 43.9 Å². The van der Waals surface area contributed by atoms with Gasteiger partial charge < -0.3 is 10.6 Å². The number of hydrogen-bond acceptors (Lipinski definition) is 2. The lowest BCUT2D eigenvalue weighted by atomic mass is 9.94. The Morgan fingerprint density at radius 3 is 2.72 bits per heavy atom. The average Bonchev–Trinajstić information content (AvgIpc) is 2.32. The normalized spacial score (nSPS) is 24.1. The van der Waals surface area contributed by atoms with Gasteiger partial charge in [-0.25, -0.2) is 0 Å². The molecule has 2 atom stereocenters. The van der Waals surface area contributed by atoms with Gasteiger partial charge in [0.2, 0.25) is 0 Å². The molecular formula is C14H19ClN2S. The molecule has 98 valence electrons. The SMILES string of the molecule is CC1CCC(C)N(c2ccc(C(N)=S)cc2Cl)C1. The number of benzene rings is 1. The van der Waals surface area contributed by atoms with E-state index in [4.69, 9.17) is 29.6 Å². The molecule has 2 nitrogen and oxygen atoms in total. The molecule has 0 aromatic heterocycles. The third-order valence-corrected chi connectivity index (χ3v) is 4.20. The second-order valence-corrected chi connectivity index (χ2v) is 6.06. The molecule has 2 unspecified atom stereocenters. The Hall–Kier alpha value is -0.800. The Balaban J connectivity index is 2.30. The molecule has 1 heterocycles. The van der Waals surface area contributed by atoms with E-state index in [0.29, 0.717) is 16.9 Å². The molecule has 1 aliphatic rings. The maximum Gasteiger partial charge on any atom is 0.104 e. The number of hydrogen-bond donors (Lipinski definition) is 1. The van der Waals surface area contributed by atoms with E-state index in [1.807, 2.05) is 18.2 Å². The monoisotopic (exact) mass is 282 g/mol. The molecule has 0 saturated carbocycles. The lowest BCUT2D eigenvalue weighted by Crippen LogP contribution is -2.41. The number of anilines is 1. The van der Waals surface area contributed by atoms with Gasteiger partial charge in [0.1, 0.15) is 4.99 Å². The lowest BCUT2D eigenvalue weighted by Gasteiger charge is -2.39. The summed E-state index contributed by atoms with van der Waals surface area (Å²) in [5.41, 5.74) is 7.54. The first-order valence-electron chi connectivity index (χ1n) is 6.35. The summed E-state index contributed by atoms with van der Waals surface area (Å²) in [7, 11) is 0. The molecule has 18 heavy (non-hydrogen) atoms. The van der Waals surface area contributed by atoms with Gasteiger partial charge in [0.25, 0.3) is 0 Å². The van der Waals surface area contributed by atoms with Crippen molar-refractivity contribution < 1.29 is 0 Å². The second kappa shape index (κ2) is 5.45. The minimum absolute atomic E-state index is 0.392. The number of nitrogens with two attached hydrogens (primary N) is 1. The Morgan fingerprint density at radius 1 is 1.39 bits per heavy atom. The first kappa shape index (κ1) is 13.6. The van der Waals surface area contributed by atoms with Gasteiger partial charge in [-0.2, -0.15) is 0 Å². The van der Waals surface area contributed by atoms with Gasteiger partial charge >= 0.3 is 0 Å². The van der Waals surface area contributed by atoms with Crippen molar-refractivity contribution in [3.05, 3.63) is 28.8 Å². The fourth-order valence-electron chi connectivity index (χ4n) is 2.52. The zero-order valence-corrected chi connectivity index (χ0v) is 12.4. The van der Waals surface area contributed by atoms with Crippen molar-refractivity contribution >= 4 is 34.5 Å². The molecule has 0 spiro atoms. The van der Waals surface area contributed by atoms with Crippen LogP contribution in [0.5, 0.6) is 0 Å². The zero-order valence-electron chi connectivity index (χ0n) is 10.8. The van der Waals surface area contributed by atoms with Gasteiger partial charge in [-0.3, -0.25) is 0 Å². The molecule has 2 N–H and O–H groups in total. The molecular weight excluding hydrogens is 264 g/mol. The highest BCUT2D eigenvalue weighted by Gasteiger charge is 2.24. The average molecular weight is 283 g/mol. The first-order chi connectivity index (χ1) is 8.49. The van der Waals surface area contributed by atoms with Crippen molar-refractivity contribution in [2.45, 2.75) is 32.7 Å². The highest BCUT2D eigenvalue weighted by molar-refractivity contribution is 7.80. The van der Waals surface area contributed by atoms with E-state index in [1.54, 1.807) is 0 Å². The summed E-state index contributed by atoms with van der Waals surface area (Å²) < 4.78 is 0. The maximum atomic E-state index is 6.36. The number of thiocarbonyl (C=S) groups is 1. The summed E-state index contributed by atoms with van der Waals surface area (Å²) in [5.74, 6) is 0.715. The molecule has 2 rings (SSSR count). The molecule has 1 saturated heterocycles. The number of nitrogens with zero attached hydrogens (tertiary/aromatic N) is 1. The van der Waals surface area contributed by atoms with Crippen LogP contribution in [0.15, 0.2) is 18.2 Å². The predicted molar refractivity (Wildman–Crippen MR) is 82.5 cm³/mol. The van der Waals surface area contributed by atoms with Crippen molar-refractivity contribution in [3.8, 4) is 0 Å². The van der Waals surface area contributed by atoms with E-state index in [9.17, 15) is 0 Å². The number of piperidine rings is 1. The fourth-order valence-corrected chi connectivity index (χ4v) is 2.93. The molecule has 1 aromatic carbocycles. The standard InChI is InChI=1S/C14H19ClN2S/c1-9-3-4-10(2)17(8-9)13-6-5-11(14(16)18)7-12(13)15/h5-7,9-10H,3-4,8H2,1-2H3,(H2,16,18). The Labute approximate surface area is 119 Å². The van der Waals surface area contributed by atoms with Gasteiger partial charge in [-0.1, -0.05) is 30.7 Å². The summed E-state index contributed by atoms with van der Waals surface area (Å²) in [6.07, 6.45) is 2.51. The molecule has 0 bridgehead atoms. The second-order valence-electron chi connectivity index (χ2n) is 5.21. The molecule has 1 aliphatic heterocycles. The van der Waals surface area contributed by atoms with E-state index >= 15 is 0 Å². The van der Waals surface area contributed by atoms with Gasteiger partial charge in [0.15, 0.2) is 0 Å². The van der Waals surface area contributed by atoms with Crippen LogP contribution in [0.3, 0.4) is 0 Å². The maximum absolute atomic E-state index is 6.36. The Kier molecular flexibility index (Phi) is 4.13. The minimum Gasteiger partial charge on any atom is -0.389 e. The van der Waals surface area contributed by atoms with Crippen LogP contribution >= 0.6 is 23.8 Å². The highest BCUT2D eigenvalue weighted by Crippen LogP contribution is 2.33. The van der Waals surface area contributed by atoms with Crippen molar-refractivity contribution in [1.29, 1.82) is 0 Å². The van der Waals surface area contributed by atoms with Crippen molar-refractivity contribution in [3.63, 3.8) is 0 Å². The zero-order chi connectivity index (χ0) is 13.3. The summed E-state index contributed by atoms with van der Waals surface area (Å²) >= 11 is 11.3. The first-order valence-corrected chi connectivity index (χ1v) is 7.13. The molecule has 1 aromatic rings. The quantitative estimate of drug-likeness (QED) is 0.841. The number of halogens is 1. The predicted octanol–water partition coefficient (Wildman–Crippen LogP) is 3.60. The Bertz CT molecular complexity index is 461. The largest absolute Gasteiger partial charge is 0.389 e. The molecule has 0 radical (unpaired) electrons. The third-order valence-electron chi connectivity index (χ3n) is 3.66. The third kappa shape index (κ3) is 2.78. The number of rotatable bonds is 2.